The number of hydrogen-bond acceptors (Lipinski definition) is 1. The molecule has 0 aliphatic heterocycles. The summed E-state index contributed by atoms with van der Waals surface area (Å²) in [6, 6.07) is 0. The molecule has 0 atom stereocenters. The van der Waals surface area contributed by atoms with Crippen molar-refractivity contribution >= 4 is 0 Å². The first-order valence-corrected chi connectivity index (χ1v) is 4.11. The summed E-state index contributed by atoms with van der Waals surface area (Å²) < 4.78 is 0. The first-order valence-electron chi connectivity index (χ1n) is 4.11. The lowest BCUT2D eigenvalue weighted by atomic mass is 10.1. The Bertz CT molecular complexity index is 123. The molecule has 0 spiro atoms. The lowest BCUT2D eigenvalue weighted by molar-refractivity contribution is 0.241. The molecule has 0 aromatic rings. The molecule has 1 heteroatoms. The van der Waals surface area contributed by atoms with E-state index in [2.05, 4.69) is 19.1 Å². The Hall–Kier alpha value is -0.300. The van der Waals surface area contributed by atoms with Crippen LogP contribution in [0.1, 0.15) is 32.6 Å². The Balaban J connectivity index is 2.23. The summed E-state index contributed by atoms with van der Waals surface area (Å²) in [5.41, 5.74) is 0.217. The molecule has 10 heavy (non-hydrogen) atoms. The van der Waals surface area contributed by atoms with Gasteiger partial charge in [0.2, 0.25) is 0 Å². The van der Waals surface area contributed by atoms with E-state index in [1.54, 1.807) is 0 Å². The van der Waals surface area contributed by atoms with Gasteiger partial charge >= 0.3 is 0 Å². The van der Waals surface area contributed by atoms with Gasteiger partial charge in [-0.1, -0.05) is 25.5 Å². The van der Waals surface area contributed by atoms with Crippen molar-refractivity contribution < 1.29 is 5.11 Å². The fourth-order valence-electron chi connectivity index (χ4n) is 1.04. The molecule has 0 aromatic heterocycles. The highest BCUT2D eigenvalue weighted by Gasteiger charge is 2.38. The van der Waals surface area contributed by atoms with Gasteiger partial charge in [-0.15, -0.1) is 0 Å². The molecular weight excluding hydrogens is 124 g/mol. The second kappa shape index (κ2) is 3.20. The summed E-state index contributed by atoms with van der Waals surface area (Å²) in [4.78, 5) is 0. The highest BCUT2D eigenvalue weighted by atomic mass is 16.3. The quantitative estimate of drug-likeness (QED) is 0.593. The van der Waals surface area contributed by atoms with Crippen molar-refractivity contribution in [3.8, 4) is 0 Å². The lowest BCUT2D eigenvalue weighted by Gasteiger charge is -2.01. The zero-order valence-corrected chi connectivity index (χ0v) is 6.64. The number of rotatable bonds is 4. The first kappa shape index (κ1) is 7.80. The van der Waals surface area contributed by atoms with Gasteiger partial charge in [0, 0.05) is 5.41 Å². The maximum atomic E-state index is 8.90. The molecule has 0 heterocycles. The van der Waals surface area contributed by atoms with Crippen LogP contribution >= 0.6 is 0 Å². The molecule has 0 saturated heterocycles. The standard InChI is InChI=1S/C9H16O/c1-2-3-4-5-9(8-10)6-7-9/h4-5,10H,2-3,6-8H2,1H3/b5-4+. The summed E-state index contributed by atoms with van der Waals surface area (Å²) in [6.07, 6.45) is 9.12. The average Bonchev–Trinajstić information content (AvgIpc) is 2.70. The van der Waals surface area contributed by atoms with E-state index in [9.17, 15) is 0 Å². The topological polar surface area (TPSA) is 20.2 Å². The van der Waals surface area contributed by atoms with Gasteiger partial charge in [0.15, 0.2) is 0 Å². The van der Waals surface area contributed by atoms with Crippen LogP contribution < -0.4 is 0 Å². The van der Waals surface area contributed by atoms with Crippen LogP contribution in [0.2, 0.25) is 0 Å². The molecule has 1 fully saturated rings. The Morgan fingerprint density at radius 1 is 1.50 bits per heavy atom. The monoisotopic (exact) mass is 140 g/mol. The molecule has 0 aromatic carbocycles. The van der Waals surface area contributed by atoms with Crippen LogP contribution in [0.25, 0.3) is 0 Å². The Morgan fingerprint density at radius 3 is 2.60 bits per heavy atom. The first-order chi connectivity index (χ1) is 4.83. The zero-order chi connectivity index (χ0) is 7.45. The Morgan fingerprint density at radius 2 is 2.20 bits per heavy atom. The maximum Gasteiger partial charge on any atom is 0.0521 e. The summed E-state index contributed by atoms with van der Waals surface area (Å²) >= 11 is 0. The Kier molecular flexibility index (Phi) is 2.50. The zero-order valence-electron chi connectivity index (χ0n) is 6.64. The van der Waals surface area contributed by atoms with Crippen molar-refractivity contribution in [3.63, 3.8) is 0 Å². The van der Waals surface area contributed by atoms with Crippen molar-refractivity contribution in [3.05, 3.63) is 12.2 Å². The van der Waals surface area contributed by atoms with Crippen molar-refractivity contribution in [1.82, 2.24) is 0 Å². The minimum Gasteiger partial charge on any atom is -0.395 e. The van der Waals surface area contributed by atoms with Crippen molar-refractivity contribution in [2.45, 2.75) is 32.6 Å². The molecular formula is C9H16O. The number of aliphatic hydroxyl groups is 1. The SMILES string of the molecule is CCC/C=C/C1(CO)CC1. The van der Waals surface area contributed by atoms with Crippen LogP contribution in [0.4, 0.5) is 0 Å². The second-order valence-corrected chi connectivity index (χ2v) is 3.21. The number of hydrogen-bond donors (Lipinski definition) is 1. The molecule has 0 bridgehead atoms. The summed E-state index contributed by atoms with van der Waals surface area (Å²) in [5, 5.41) is 8.90. The van der Waals surface area contributed by atoms with Gasteiger partial charge in [-0.3, -0.25) is 0 Å². The van der Waals surface area contributed by atoms with E-state index in [1.165, 1.54) is 19.3 Å². The van der Waals surface area contributed by atoms with E-state index in [0.29, 0.717) is 6.61 Å². The van der Waals surface area contributed by atoms with Gasteiger partial charge < -0.3 is 5.11 Å². The van der Waals surface area contributed by atoms with E-state index >= 15 is 0 Å². The van der Waals surface area contributed by atoms with Gasteiger partial charge in [-0.2, -0.15) is 0 Å². The Labute approximate surface area is 62.8 Å². The van der Waals surface area contributed by atoms with Gasteiger partial charge in [0.25, 0.3) is 0 Å². The van der Waals surface area contributed by atoms with Crippen LogP contribution in [-0.4, -0.2) is 11.7 Å². The molecule has 0 unspecified atom stereocenters. The molecule has 0 amide bonds. The smallest absolute Gasteiger partial charge is 0.0521 e. The van der Waals surface area contributed by atoms with Gasteiger partial charge in [-0.25, -0.2) is 0 Å². The number of allylic oxidation sites excluding steroid dienone is 1. The third-order valence-electron chi connectivity index (χ3n) is 2.13. The predicted molar refractivity (Wildman–Crippen MR) is 42.8 cm³/mol. The number of aliphatic hydroxyl groups excluding tert-OH is 1. The van der Waals surface area contributed by atoms with E-state index in [-0.39, 0.29) is 5.41 Å². The molecule has 1 N–H and O–H groups in total. The van der Waals surface area contributed by atoms with Crippen LogP contribution in [0, 0.1) is 5.41 Å². The minimum absolute atomic E-state index is 0.217. The maximum absolute atomic E-state index is 8.90. The molecule has 0 radical (unpaired) electrons. The van der Waals surface area contributed by atoms with Crippen molar-refractivity contribution in [1.29, 1.82) is 0 Å². The third-order valence-corrected chi connectivity index (χ3v) is 2.13. The highest BCUT2D eigenvalue weighted by Crippen LogP contribution is 2.46. The average molecular weight is 140 g/mol. The summed E-state index contributed by atoms with van der Waals surface area (Å²) in [7, 11) is 0. The van der Waals surface area contributed by atoms with Gasteiger partial charge in [0.1, 0.15) is 0 Å². The van der Waals surface area contributed by atoms with E-state index < -0.39 is 0 Å². The fraction of sp³-hybridized carbons (Fsp3) is 0.778. The lowest BCUT2D eigenvalue weighted by Crippen LogP contribution is -2.00. The normalized spacial score (nSPS) is 21.8. The minimum atomic E-state index is 0.217. The van der Waals surface area contributed by atoms with Gasteiger partial charge in [0.05, 0.1) is 6.61 Å². The van der Waals surface area contributed by atoms with E-state index in [4.69, 9.17) is 5.11 Å². The van der Waals surface area contributed by atoms with E-state index in [1.807, 2.05) is 0 Å². The molecule has 1 nitrogen and oxygen atoms in total. The van der Waals surface area contributed by atoms with E-state index in [0.717, 1.165) is 6.42 Å². The third kappa shape index (κ3) is 1.84. The molecule has 1 rings (SSSR count). The van der Waals surface area contributed by atoms with Crippen LogP contribution in [0.5, 0.6) is 0 Å². The molecule has 1 saturated carbocycles. The van der Waals surface area contributed by atoms with Crippen molar-refractivity contribution in [2.24, 2.45) is 5.41 Å². The largest absolute Gasteiger partial charge is 0.395 e. The van der Waals surface area contributed by atoms with Gasteiger partial charge in [-0.05, 0) is 19.3 Å². The van der Waals surface area contributed by atoms with Crippen molar-refractivity contribution in [2.75, 3.05) is 6.61 Å². The number of unbranched alkanes of at least 4 members (excludes halogenated alkanes) is 1. The fourth-order valence-corrected chi connectivity index (χ4v) is 1.04. The summed E-state index contributed by atoms with van der Waals surface area (Å²) in [5.74, 6) is 0. The van der Waals surface area contributed by atoms with Crippen LogP contribution in [-0.2, 0) is 0 Å². The predicted octanol–water partition coefficient (Wildman–Crippen LogP) is 2.12. The van der Waals surface area contributed by atoms with Crippen LogP contribution in [0.3, 0.4) is 0 Å². The summed E-state index contributed by atoms with van der Waals surface area (Å²) in [6.45, 7) is 2.51. The van der Waals surface area contributed by atoms with Crippen LogP contribution in [0.15, 0.2) is 12.2 Å². The molecule has 1 aliphatic rings. The molecule has 58 valence electrons. The highest BCUT2D eigenvalue weighted by molar-refractivity contribution is 5.08. The molecule has 1 aliphatic carbocycles. The second-order valence-electron chi connectivity index (χ2n) is 3.21.